The lowest BCUT2D eigenvalue weighted by atomic mass is 9.90. The van der Waals surface area contributed by atoms with Crippen molar-refractivity contribution in [3.8, 4) is 0 Å². The highest BCUT2D eigenvalue weighted by Crippen LogP contribution is 2.26. The Bertz CT molecular complexity index is 1350. The van der Waals surface area contributed by atoms with E-state index in [1.807, 2.05) is 0 Å². The van der Waals surface area contributed by atoms with Crippen molar-refractivity contribution in [2.45, 2.75) is 12.8 Å². The molecule has 5 rings (SSSR count). The zero-order valence-electron chi connectivity index (χ0n) is 13.5. The smallest absolute Gasteiger partial charge is 0.193 e. The molecule has 1 aliphatic rings. The van der Waals surface area contributed by atoms with Gasteiger partial charge in [-0.15, -0.1) is 0 Å². The molecule has 128 valence electrons. The predicted molar refractivity (Wildman–Crippen MR) is 105 cm³/mol. The number of H-pyrrole nitrogens is 2. The first-order valence-corrected chi connectivity index (χ1v) is 8.93. The number of hydrogen-bond acceptors (Lipinski definition) is 2. The van der Waals surface area contributed by atoms with Gasteiger partial charge in [-0.3, -0.25) is 9.59 Å². The molecular weight excluding hydrogens is 371 g/mol. The molecule has 0 radical (unpaired) electrons. The average Bonchev–Trinajstić information content (AvgIpc) is 2.62. The number of hydrogen-bond donors (Lipinski definition) is 2. The maximum absolute atomic E-state index is 12.9. The average molecular weight is 383 g/mol. The predicted octanol–water partition coefficient (Wildman–Crippen LogP) is 4.17. The van der Waals surface area contributed by atoms with Crippen LogP contribution in [0.5, 0.6) is 0 Å². The van der Waals surface area contributed by atoms with Crippen LogP contribution in [0.4, 0.5) is 0 Å². The van der Waals surface area contributed by atoms with Gasteiger partial charge in [-0.2, -0.15) is 0 Å². The van der Waals surface area contributed by atoms with Crippen LogP contribution in [-0.2, 0) is 12.8 Å². The Morgan fingerprint density at radius 3 is 2.00 bits per heavy atom. The topological polar surface area (TPSA) is 65.7 Å². The minimum Gasteiger partial charge on any atom is -0.358 e. The molecule has 26 heavy (non-hydrogen) atoms. The molecule has 2 aromatic carbocycles. The molecule has 4 aromatic rings. The number of aromatic nitrogens is 2. The SMILES string of the molecule is O=c1c2c([nH]c3cc(Cl)ccc13)Cc1c([nH]c3ccc(Cl)cc3c1=O)C2. The number of halogens is 2. The van der Waals surface area contributed by atoms with Crippen molar-refractivity contribution in [1.82, 2.24) is 9.97 Å². The Kier molecular flexibility index (Phi) is 3.30. The molecule has 0 saturated heterocycles. The molecular formula is C20H12Cl2N2O2. The molecule has 2 heterocycles. The summed E-state index contributed by atoms with van der Waals surface area (Å²) in [5.41, 5.74) is 4.26. The van der Waals surface area contributed by atoms with Crippen LogP contribution in [0, 0.1) is 0 Å². The van der Waals surface area contributed by atoms with Gasteiger partial charge in [0.05, 0.1) is 5.52 Å². The van der Waals surface area contributed by atoms with Gasteiger partial charge in [0.25, 0.3) is 0 Å². The Hall–Kier alpha value is -2.56. The first kappa shape index (κ1) is 15.7. The molecule has 0 fully saturated rings. The van der Waals surface area contributed by atoms with Gasteiger partial charge >= 0.3 is 0 Å². The van der Waals surface area contributed by atoms with Crippen LogP contribution >= 0.6 is 23.2 Å². The molecule has 2 aromatic heterocycles. The first-order chi connectivity index (χ1) is 12.5. The van der Waals surface area contributed by atoms with E-state index in [2.05, 4.69) is 9.97 Å². The molecule has 0 saturated carbocycles. The summed E-state index contributed by atoms with van der Waals surface area (Å²) in [6.45, 7) is 0. The lowest BCUT2D eigenvalue weighted by molar-refractivity contribution is 0.905. The lowest BCUT2D eigenvalue weighted by Gasteiger charge is -2.20. The fourth-order valence-corrected chi connectivity index (χ4v) is 4.08. The third kappa shape index (κ3) is 2.23. The summed E-state index contributed by atoms with van der Waals surface area (Å²) in [7, 11) is 0. The van der Waals surface area contributed by atoms with Crippen molar-refractivity contribution in [1.29, 1.82) is 0 Å². The van der Waals surface area contributed by atoms with E-state index in [-0.39, 0.29) is 10.9 Å². The highest BCUT2D eigenvalue weighted by atomic mass is 35.5. The number of rotatable bonds is 0. The second kappa shape index (κ2) is 5.47. The monoisotopic (exact) mass is 382 g/mol. The number of benzene rings is 2. The maximum Gasteiger partial charge on any atom is 0.193 e. The molecule has 0 aliphatic heterocycles. The Labute approximate surface area is 157 Å². The van der Waals surface area contributed by atoms with E-state index < -0.39 is 0 Å². The molecule has 0 bridgehead atoms. The van der Waals surface area contributed by atoms with Crippen LogP contribution in [0.25, 0.3) is 21.8 Å². The largest absolute Gasteiger partial charge is 0.358 e. The second-order valence-corrected chi connectivity index (χ2v) is 7.43. The zero-order chi connectivity index (χ0) is 18.0. The molecule has 4 nitrogen and oxygen atoms in total. The van der Waals surface area contributed by atoms with Gasteiger partial charge in [0.2, 0.25) is 0 Å². The van der Waals surface area contributed by atoms with E-state index in [0.717, 1.165) is 16.9 Å². The van der Waals surface area contributed by atoms with Crippen molar-refractivity contribution in [2.75, 3.05) is 0 Å². The Morgan fingerprint density at radius 1 is 0.692 bits per heavy atom. The summed E-state index contributed by atoms with van der Waals surface area (Å²) in [5, 5.41) is 2.24. The summed E-state index contributed by atoms with van der Waals surface area (Å²) in [6.07, 6.45) is 0.770. The van der Waals surface area contributed by atoms with Crippen LogP contribution in [-0.4, -0.2) is 9.97 Å². The van der Waals surface area contributed by atoms with Crippen LogP contribution < -0.4 is 10.9 Å². The second-order valence-electron chi connectivity index (χ2n) is 6.56. The fraction of sp³-hybridized carbons (Fsp3) is 0.100. The summed E-state index contributed by atoms with van der Waals surface area (Å²) in [5.74, 6) is 0. The number of nitrogens with one attached hydrogen (secondary N) is 2. The van der Waals surface area contributed by atoms with Gasteiger partial charge in [-0.05, 0) is 36.4 Å². The minimum absolute atomic E-state index is 0.0203. The maximum atomic E-state index is 12.9. The van der Waals surface area contributed by atoms with Crippen LogP contribution in [0.1, 0.15) is 22.5 Å². The Morgan fingerprint density at radius 2 is 1.27 bits per heavy atom. The van der Waals surface area contributed by atoms with Crippen molar-refractivity contribution >= 4 is 45.0 Å². The van der Waals surface area contributed by atoms with Crippen LogP contribution in [0.15, 0.2) is 46.0 Å². The number of pyridine rings is 2. The summed E-state index contributed by atoms with van der Waals surface area (Å²) < 4.78 is 0. The Balaban J connectivity index is 1.79. The van der Waals surface area contributed by atoms with Gasteiger partial charge in [0.15, 0.2) is 10.9 Å². The minimum atomic E-state index is -0.0473. The van der Waals surface area contributed by atoms with E-state index in [1.165, 1.54) is 0 Å². The first-order valence-electron chi connectivity index (χ1n) is 8.18. The highest BCUT2D eigenvalue weighted by Gasteiger charge is 2.23. The van der Waals surface area contributed by atoms with Gasteiger partial charge in [0.1, 0.15) is 0 Å². The molecule has 1 aliphatic carbocycles. The van der Waals surface area contributed by atoms with E-state index in [1.54, 1.807) is 36.4 Å². The summed E-state index contributed by atoms with van der Waals surface area (Å²) in [4.78, 5) is 32.5. The van der Waals surface area contributed by atoms with E-state index in [0.29, 0.717) is 50.3 Å². The molecule has 0 spiro atoms. The van der Waals surface area contributed by atoms with E-state index in [9.17, 15) is 9.59 Å². The number of fused-ring (bicyclic) bond motifs is 4. The molecule has 0 atom stereocenters. The summed E-state index contributed by atoms with van der Waals surface area (Å²) >= 11 is 12.1. The quantitative estimate of drug-likeness (QED) is 0.422. The van der Waals surface area contributed by atoms with Crippen LogP contribution in [0.2, 0.25) is 10.0 Å². The molecule has 6 heteroatoms. The van der Waals surface area contributed by atoms with Gasteiger partial charge in [-0.1, -0.05) is 23.2 Å². The van der Waals surface area contributed by atoms with Crippen molar-refractivity contribution < 1.29 is 0 Å². The summed E-state index contributed by atoms with van der Waals surface area (Å²) in [6, 6.07) is 10.4. The lowest BCUT2D eigenvalue weighted by Crippen LogP contribution is -2.25. The van der Waals surface area contributed by atoms with Gasteiger partial charge in [-0.25, -0.2) is 0 Å². The van der Waals surface area contributed by atoms with Crippen LogP contribution in [0.3, 0.4) is 0 Å². The van der Waals surface area contributed by atoms with E-state index in [4.69, 9.17) is 23.2 Å². The zero-order valence-corrected chi connectivity index (χ0v) is 15.0. The fourth-order valence-electron chi connectivity index (χ4n) is 3.74. The third-order valence-electron chi connectivity index (χ3n) is 5.01. The number of aromatic amines is 2. The van der Waals surface area contributed by atoms with Crippen molar-refractivity contribution in [2.24, 2.45) is 0 Å². The molecule has 0 unspecified atom stereocenters. The van der Waals surface area contributed by atoms with Crippen molar-refractivity contribution in [3.63, 3.8) is 0 Å². The molecule has 0 amide bonds. The van der Waals surface area contributed by atoms with Crippen molar-refractivity contribution in [3.05, 3.63) is 89.4 Å². The van der Waals surface area contributed by atoms with Gasteiger partial charge in [0, 0.05) is 61.7 Å². The van der Waals surface area contributed by atoms with Gasteiger partial charge < -0.3 is 9.97 Å². The normalized spacial score (nSPS) is 13.0. The molecule has 2 N–H and O–H groups in total. The third-order valence-corrected chi connectivity index (χ3v) is 5.48. The standard InChI is InChI=1S/C20H12Cl2N2O2/c21-9-2-4-15-12(5-9)20(26)14-8-18-13(7-17(14)23-15)19(25)11-3-1-10(22)6-16(11)24-18/h1-6H,7-8H2,(H,23,26)(H,24,25). The van der Waals surface area contributed by atoms with E-state index >= 15 is 0 Å². The highest BCUT2D eigenvalue weighted by molar-refractivity contribution is 6.31.